The van der Waals surface area contributed by atoms with Gasteiger partial charge in [-0.05, 0) is 61.1 Å². The van der Waals surface area contributed by atoms with Crippen molar-refractivity contribution < 1.29 is 0 Å². The van der Waals surface area contributed by atoms with E-state index in [9.17, 15) is 0 Å². The molecule has 140 valence electrons. The predicted molar refractivity (Wildman–Crippen MR) is 123 cm³/mol. The molecule has 0 unspecified atom stereocenters. The van der Waals surface area contributed by atoms with Crippen molar-refractivity contribution in [1.29, 1.82) is 0 Å². The van der Waals surface area contributed by atoms with Crippen LogP contribution in [0.25, 0.3) is 22.3 Å². The Kier molecular flexibility index (Phi) is 6.45. The quantitative estimate of drug-likeness (QED) is 0.338. The lowest BCUT2D eigenvalue weighted by Gasteiger charge is -2.04. The maximum atomic E-state index is 2.24. The third kappa shape index (κ3) is 5.20. The maximum absolute atomic E-state index is 2.24. The van der Waals surface area contributed by atoms with Gasteiger partial charge in [0.1, 0.15) is 0 Å². The molecule has 0 heteroatoms. The lowest BCUT2D eigenvalue weighted by atomic mass is 10.0. The zero-order valence-electron chi connectivity index (χ0n) is 17.2. The monoisotopic (exact) mass is 364 g/mol. The van der Waals surface area contributed by atoms with E-state index >= 15 is 0 Å². The highest BCUT2D eigenvalue weighted by atomic mass is 14.0. The molecule has 0 aromatic heterocycles. The van der Waals surface area contributed by atoms with Crippen LogP contribution in [-0.4, -0.2) is 0 Å². The molecule has 0 atom stereocenters. The Balaban J connectivity index is 0.000000161. The van der Waals surface area contributed by atoms with Crippen LogP contribution < -0.4 is 0 Å². The van der Waals surface area contributed by atoms with Crippen LogP contribution in [0, 0.1) is 27.7 Å². The van der Waals surface area contributed by atoms with Gasteiger partial charge in [-0.25, -0.2) is 0 Å². The van der Waals surface area contributed by atoms with Gasteiger partial charge in [-0.1, -0.05) is 108 Å². The lowest BCUT2D eigenvalue weighted by molar-refractivity contribution is 1.34. The summed E-state index contributed by atoms with van der Waals surface area (Å²) >= 11 is 0. The van der Waals surface area contributed by atoms with E-state index in [4.69, 9.17) is 0 Å². The highest BCUT2D eigenvalue weighted by Crippen LogP contribution is 2.22. The first kappa shape index (κ1) is 19.6. The Morgan fingerprint density at radius 3 is 1.57 bits per heavy atom. The average molecular weight is 365 g/mol. The van der Waals surface area contributed by atoms with Crippen LogP contribution in [0.4, 0.5) is 0 Å². The van der Waals surface area contributed by atoms with E-state index in [1.54, 1.807) is 0 Å². The summed E-state index contributed by atoms with van der Waals surface area (Å²) < 4.78 is 0. The molecule has 0 saturated carbocycles. The van der Waals surface area contributed by atoms with Crippen LogP contribution in [0.3, 0.4) is 0 Å². The van der Waals surface area contributed by atoms with Gasteiger partial charge in [0, 0.05) is 0 Å². The number of hydrogen-bond acceptors (Lipinski definition) is 0. The van der Waals surface area contributed by atoms with Crippen LogP contribution >= 0.6 is 0 Å². The van der Waals surface area contributed by atoms with Gasteiger partial charge in [0.25, 0.3) is 0 Å². The van der Waals surface area contributed by atoms with Crippen molar-refractivity contribution >= 4 is 0 Å². The molecule has 0 fully saturated rings. The topological polar surface area (TPSA) is 0 Å². The molecule has 28 heavy (non-hydrogen) atoms. The first-order valence-electron chi connectivity index (χ1n) is 9.79. The fourth-order valence-corrected chi connectivity index (χ4v) is 3.12. The minimum atomic E-state index is 1.29. The second-order valence-corrected chi connectivity index (χ2v) is 7.40. The second-order valence-electron chi connectivity index (χ2n) is 7.40. The lowest BCUT2D eigenvalue weighted by Crippen LogP contribution is -1.82. The molecule has 0 spiro atoms. The summed E-state index contributed by atoms with van der Waals surface area (Å²) in [6.45, 7) is 8.53. The Hall–Kier alpha value is -3.12. The van der Waals surface area contributed by atoms with Crippen molar-refractivity contribution in [1.82, 2.24) is 0 Å². The normalized spacial score (nSPS) is 10.1. The summed E-state index contributed by atoms with van der Waals surface area (Å²) in [5, 5.41) is 0. The molecule has 0 saturated heterocycles. The van der Waals surface area contributed by atoms with E-state index in [0.29, 0.717) is 0 Å². The zero-order valence-corrected chi connectivity index (χ0v) is 17.2. The van der Waals surface area contributed by atoms with Crippen LogP contribution in [0.5, 0.6) is 0 Å². The molecule has 0 aliphatic heterocycles. The van der Waals surface area contributed by atoms with Gasteiger partial charge in [0.2, 0.25) is 0 Å². The fourth-order valence-electron chi connectivity index (χ4n) is 3.12. The summed E-state index contributed by atoms with van der Waals surface area (Å²) in [4.78, 5) is 0. The number of hydrogen-bond donors (Lipinski definition) is 0. The van der Waals surface area contributed by atoms with Crippen LogP contribution in [0.15, 0.2) is 97.1 Å². The zero-order chi connectivity index (χ0) is 19.9. The highest BCUT2D eigenvalue weighted by Gasteiger charge is 1.98. The minimum absolute atomic E-state index is 1.29. The highest BCUT2D eigenvalue weighted by molar-refractivity contribution is 5.65. The van der Waals surface area contributed by atoms with Crippen molar-refractivity contribution in [3.63, 3.8) is 0 Å². The molecule has 0 N–H and O–H groups in total. The van der Waals surface area contributed by atoms with Crippen molar-refractivity contribution in [3.05, 3.63) is 119 Å². The third-order valence-electron chi connectivity index (χ3n) is 5.02. The SMILES string of the molecule is Cc1ccc(-c2cccc(C)c2)cc1.Cc1ccc(-c2ccccc2)cc1C. The van der Waals surface area contributed by atoms with Crippen molar-refractivity contribution in [2.75, 3.05) is 0 Å². The van der Waals surface area contributed by atoms with Crippen LogP contribution in [-0.2, 0) is 0 Å². The first-order chi connectivity index (χ1) is 13.5. The number of rotatable bonds is 2. The van der Waals surface area contributed by atoms with Crippen molar-refractivity contribution in [2.24, 2.45) is 0 Å². The molecule has 0 bridgehead atoms. The summed E-state index contributed by atoms with van der Waals surface area (Å²) in [5.41, 5.74) is 10.5. The van der Waals surface area contributed by atoms with E-state index in [1.165, 1.54) is 44.5 Å². The van der Waals surface area contributed by atoms with E-state index < -0.39 is 0 Å². The minimum Gasteiger partial charge on any atom is -0.0622 e. The van der Waals surface area contributed by atoms with Gasteiger partial charge in [0.05, 0.1) is 0 Å². The predicted octanol–water partition coefficient (Wildman–Crippen LogP) is 7.94. The summed E-state index contributed by atoms with van der Waals surface area (Å²) in [5.74, 6) is 0. The molecule has 0 nitrogen and oxygen atoms in total. The molecule has 4 aromatic carbocycles. The van der Waals surface area contributed by atoms with Crippen molar-refractivity contribution in [3.8, 4) is 22.3 Å². The largest absolute Gasteiger partial charge is 0.0622 e. The summed E-state index contributed by atoms with van der Waals surface area (Å²) in [7, 11) is 0. The molecular formula is C28H28. The van der Waals surface area contributed by atoms with E-state index in [1.807, 2.05) is 6.07 Å². The van der Waals surface area contributed by atoms with Gasteiger partial charge in [-0.15, -0.1) is 0 Å². The van der Waals surface area contributed by atoms with E-state index in [-0.39, 0.29) is 0 Å². The van der Waals surface area contributed by atoms with Gasteiger partial charge in [0.15, 0.2) is 0 Å². The smallest absolute Gasteiger partial charge is 0.0181 e. The molecule has 0 radical (unpaired) electrons. The Morgan fingerprint density at radius 2 is 0.929 bits per heavy atom. The maximum Gasteiger partial charge on any atom is -0.0181 e. The van der Waals surface area contributed by atoms with Crippen LogP contribution in [0.1, 0.15) is 22.3 Å². The van der Waals surface area contributed by atoms with Crippen LogP contribution in [0.2, 0.25) is 0 Å². The fraction of sp³-hybridized carbons (Fsp3) is 0.143. The van der Waals surface area contributed by atoms with Gasteiger partial charge < -0.3 is 0 Å². The molecule has 0 heterocycles. The Morgan fingerprint density at radius 1 is 0.357 bits per heavy atom. The molecular weight excluding hydrogens is 336 g/mol. The molecule has 0 amide bonds. The molecule has 0 aliphatic carbocycles. The molecule has 4 aromatic rings. The summed E-state index contributed by atoms with van der Waals surface area (Å²) in [6.07, 6.45) is 0. The number of benzene rings is 4. The molecule has 0 aliphatic rings. The molecule has 4 rings (SSSR count). The van der Waals surface area contributed by atoms with E-state index in [2.05, 4.69) is 119 Å². The standard InChI is InChI=1S/2C14H14/c1-11-6-8-13(9-7-11)14-5-3-4-12(2)10-14;1-11-8-9-14(10-12(11)2)13-6-4-3-5-7-13/h2*3-10H,1-2H3. The average Bonchev–Trinajstić information content (AvgIpc) is 2.72. The summed E-state index contributed by atoms with van der Waals surface area (Å²) in [6, 6.07) is 34.3. The van der Waals surface area contributed by atoms with Gasteiger partial charge in [-0.2, -0.15) is 0 Å². The Bertz CT molecular complexity index is 1030. The third-order valence-corrected chi connectivity index (χ3v) is 5.02. The van der Waals surface area contributed by atoms with Crippen molar-refractivity contribution in [2.45, 2.75) is 27.7 Å². The van der Waals surface area contributed by atoms with Gasteiger partial charge >= 0.3 is 0 Å². The van der Waals surface area contributed by atoms with Gasteiger partial charge in [-0.3, -0.25) is 0 Å². The number of aryl methyl sites for hydroxylation is 4. The first-order valence-corrected chi connectivity index (χ1v) is 9.79. The second kappa shape index (κ2) is 9.19. The Labute approximate surface area is 169 Å². The van der Waals surface area contributed by atoms with E-state index in [0.717, 1.165) is 0 Å².